The van der Waals surface area contributed by atoms with Crippen LogP contribution >= 0.6 is 0 Å². The second-order valence-corrected chi connectivity index (χ2v) is 5.65. The van der Waals surface area contributed by atoms with Gasteiger partial charge in [0.15, 0.2) is 0 Å². The lowest BCUT2D eigenvalue weighted by molar-refractivity contribution is 0.308. The number of hydrogen-bond acceptors (Lipinski definition) is 1. The van der Waals surface area contributed by atoms with Crippen molar-refractivity contribution >= 4 is 10.9 Å². The predicted molar refractivity (Wildman–Crippen MR) is 76.6 cm³/mol. The maximum Gasteiger partial charge on any atom is 0.147 e. The van der Waals surface area contributed by atoms with E-state index in [0.717, 1.165) is 5.39 Å². The van der Waals surface area contributed by atoms with Crippen molar-refractivity contribution in [2.45, 2.75) is 38.0 Å². The molecule has 0 spiro atoms. The normalized spacial score (nSPS) is 18.8. The van der Waals surface area contributed by atoms with Crippen molar-refractivity contribution in [3.63, 3.8) is 0 Å². The number of rotatable bonds is 3. The first kappa shape index (κ1) is 12.7. The molecule has 1 fully saturated rings. The smallest absolute Gasteiger partial charge is 0.147 e. The van der Waals surface area contributed by atoms with Gasteiger partial charge in [0.2, 0.25) is 0 Å². The summed E-state index contributed by atoms with van der Waals surface area (Å²) >= 11 is 0. The van der Waals surface area contributed by atoms with Crippen molar-refractivity contribution in [3.8, 4) is 0 Å². The fourth-order valence-corrected chi connectivity index (χ4v) is 3.56. The number of nitrogens with one attached hydrogen (secondary N) is 1. The molecule has 1 unspecified atom stereocenters. The third-order valence-corrected chi connectivity index (χ3v) is 4.57. The average Bonchev–Trinajstić information content (AvgIpc) is 2.87. The summed E-state index contributed by atoms with van der Waals surface area (Å²) in [5.74, 6) is 0.833. The van der Waals surface area contributed by atoms with Crippen LogP contribution < -0.4 is 5.73 Å². The van der Waals surface area contributed by atoms with Crippen LogP contribution in [0.2, 0.25) is 0 Å². The SMILES string of the molecule is NCC(c1c[nH]c2c(F)cccc12)C1CCCCC1. The Morgan fingerprint density at radius 2 is 2.05 bits per heavy atom. The van der Waals surface area contributed by atoms with Crippen molar-refractivity contribution in [1.82, 2.24) is 4.98 Å². The molecular formula is C16H21FN2. The van der Waals surface area contributed by atoms with E-state index in [1.165, 1.54) is 43.7 Å². The number of aromatic nitrogens is 1. The van der Waals surface area contributed by atoms with Gasteiger partial charge in [-0.15, -0.1) is 0 Å². The number of aromatic amines is 1. The molecule has 102 valence electrons. The molecule has 1 heterocycles. The van der Waals surface area contributed by atoms with Crippen LogP contribution in [0.5, 0.6) is 0 Å². The first-order valence-electron chi connectivity index (χ1n) is 7.27. The molecule has 0 saturated heterocycles. The molecule has 0 bridgehead atoms. The summed E-state index contributed by atoms with van der Waals surface area (Å²) in [6.45, 7) is 0.647. The van der Waals surface area contributed by atoms with Crippen molar-refractivity contribution in [3.05, 3.63) is 35.8 Å². The zero-order chi connectivity index (χ0) is 13.2. The van der Waals surface area contributed by atoms with E-state index in [-0.39, 0.29) is 5.82 Å². The molecular weight excluding hydrogens is 239 g/mol. The number of para-hydroxylation sites is 1. The lowest BCUT2D eigenvalue weighted by Crippen LogP contribution is -2.23. The Bertz CT molecular complexity index is 555. The number of hydrogen-bond donors (Lipinski definition) is 2. The number of fused-ring (bicyclic) bond motifs is 1. The molecule has 0 aliphatic heterocycles. The standard InChI is InChI=1S/C16H21FN2/c17-15-8-4-7-12-14(10-19-16(12)15)13(9-18)11-5-2-1-3-6-11/h4,7-8,10-11,13,19H,1-3,5-6,9,18H2. The van der Waals surface area contributed by atoms with E-state index in [9.17, 15) is 4.39 Å². The summed E-state index contributed by atoms with van der Waals surface area (Å²) in [6, 6.07) is 5.28. The summed E-state index contributed by atoms with van der Waals surface area (Å²) in [4.78, 5) is 3.08. The van der Waals surface area contributed by atoms with E-state index in [1.807, 2.05) is 12.3 Å². The van der Waals surface area contributed by atoms with Crippen LogP contribution in [0, 0.1) is 11.7 Å². The minimum Gasteiger partial charge on any atom is -0.359 e. The van der Waals surface area contributed by atoms with Gasteiger partial charge in [-0.25, -0.2) is 4.39 Å². The summed E-state index contributed by atoms with van der Waals surface area (Å²) in [5, 5.41) is 1.00. The molecule has 1 saturated carbocycles. The molecule has 1 aliphatic carbocycles. The minimum absolute atomic E-state index is 0.178. The number of benzene rings is 1. The predicted octanol–water partition coefficient (Wildman–Crippen LogP) is 3.93. The monoisotopic (exact) mass is 260 g/mol. The van der Waals surface area contributed by atoms with Gasteiger partial charge in [0.25, 0.3) is 0 Å². The van der Waals surface area contributed by atoms with E-state index in [0.29, 0.717) is 23.9 Å². The molecule has 19 heavy (non-hydrogen) atoms. The third kappa shape index (κ3) is 2.27. The maximum atomic E-state index is 13.7. The highest BCUT2D eigenvalue weighted by Crippen LogP contribution is 2.38. The lowest BCUT2D eigenvalue weighted by Gasteiger charge is -2.29. The molecule has 1 atom stereocenters. The van der Waals surface area contributed by atoms with Gasteiger partial charge >= 0.3 is 0 Å². The van der Waals surface area contributed by atoms with Gasteiger partial charge in [-0.1, -0.05) is 31.4 Å². The van der Waals surface area contributed by atoms with Gasteiger partial charge in [0.05, 0.1) is 5.52 Å². The van der Waals surface area contributed by atoms with Gasteiger partial charge in [-0.2, -0.15) is 0 Å². The molecule has 3 rings (SSSR count). The molecule has 0 amide bonds. The molecule has 1 aliphatic rings. The Kier molecular flexibility index (Phi) is 3.56. The third-order valence-electron chi connectivity index (χ3n) is 4.57. The molecule has 1 aromatic carbocycles. The van der Waals surface area contributed by atoms with E-state index in [2.05, 4.69) is 4.98 Å². The van der Waals surface area contributed by atoms with Gasteiger partial charge in [0.1, 0.15) is 5.82 Å². The van der Waals surface area contributed by atoms with E-state index < -0.39 is 0 Å². The van der Waals surface area contributed by atoms with Gasteiger partial charge < -0.3 is 10.7 Å². The quantitative estimate of drug-likeness (QED) is 0.862. The molecule has 2 nitrogen and oxygen atoms in total. The van der Waals surface area contributed by atoms with Crippen molar-refractivity contribution < 1.29 is 4.39 Å². The molecule has 2 aromatic rings. The Morgan fingerprint density at radius 3 is 2.79 bits per heavy atom. The van der Waals surface area contributed by atoms with Crippen molar-refractivity contribution in [1.29, 1.82) is 0 Å². The Hall–Kier alpha value is -1.35. The van der Waals surface area contributed by atoms with Gasteiger partial charge in [-0.05, 0) is 36.9 Å². The first-order chi connectivity index (χ1) is 9.31. The summed E-state index contributed by atoms with van der Waals surface area (Å²) in [5.41, 5.74) is 7.83. The Morgan fingerprint density at radius 1 is 1.26 bits per heavy atom. The van der Waals surface area contributed by atoms with Crippen molar-refractivity contribution in [2.75, 3.05) is 6.54 Å². The minimum atomic E-state index is -0.178. The van der Waals surface area contributed by atoms with Crippen LogP contribution in [-0.4, -0.2) is 11.5 Å². The topological polar surface area (TPSA) is 41.8 Å². The second kappa shape index (κ2) is 5.33. The van der Waals surface area contributed by atoms with Gasteiger partial charge in [-0.3, -0.25) is 0 Å². The van der Waals surface area contributed by atoms with Crippen LogP contribution in [0.15, 0.2) is 24.4 Å². The highest BCUT2D eigenvalue weighted by Gasteiger charge is 2.26. The first-order valence-corrected chi connectivity index (χ1v) is 7.27. The highest BCUT2D eigenvalue weighted by atomic mass is 19.1. The fraction of sp³-hybridized carbons (Fsp3) is 0.500. The Labute approximate surface area is 113 Å². The number of nitrogens with two attached hydrogens (primary N) is 1. The lowest BCUT2D eigenvalue weighted by atomic mass is 9.77. The summed E-state index contributed by atoms with van der Waals surface area (Å²) in [6.07, 6.45) is 8.42. The number of halogens is 1. The second-order valence-electron chi connectivity index (χ2n) is 5.65. The van der Waals surface area contributed by atoms with Crippen LogP contribution in [0.3, 0.4) is 0 Å². The Balaban J connectivity index is 1.99. The highest BCUT2D eigenvalue weighted by molar-refractivity contribution is 5.84. The zero-order valence-electron chi connectivity index (χ0n) is 11.2. The molecule has 3 heteroatoms. The summed E-state index contributed by atoms with van der Waals surface area (Å²) < 4.78 is 13.7. The van der Waals surface area contributed by atoms with E-state index >= 15 is 0 Å². The fourth-order valence-electron chi connectivity index (χ4n) is 3.56. The molecule has 1 aromatic heterocycles. The largest absolute Gasteiger partial charge is 0.359 e. The van der Waals surface area contributed by atoms with Crippen molar-refractivity contribution in [2.24, 2.45) is 11.7 Å². The molecule has 3 N–H and O–H groups in total. The van der Waals surface area contributed by atoms with E-state index in [4.69, 9.17) is 5.73 Å². The maximum absolute atomic E-state index is 13.7. The van der Waals surface area contributed by atoms with Crippen LogP contribution in [0.4, 0.5) is 4.39 Å². The zero-order valence-corrected chi connectivity index (χ0v) is 11.2. The van der Waals surface area contributed by atoms with Crippen LogP contribution in [0.25, 0.3) is 10.9 Å². The van der Waals surface area contributed by atoms with E-state index in [1.54, 1.807) is 6.07 Å². The van der Waals surface area contributed by atoms with Crippen LogP contribution in [-0.2, 0) is 0 Å². The summed E-state index contributed by atoms with van der Waals surface area (Å²) in [7, 11) is 0. The number of H-pyrrole nitrogens is 1. The average molecular weight is 260 g/mol. The van der Waals surface area contributed by atoms with Crippen LogP contribution in [0.1, 0.15) is 43.6 Å². The van der Waals surface area contributed by atoms with Gasteiger partial charge in [0, 0.05) is 17.5 Å². The molecule has 0 radical (unpaired) electrons.